The maximum Gasteiger partial charge on any atom is 0.303 e. The molecule has 0 aliphatic heterocycles. The summed E-state index contributed by atoms with van der Waals surface area (Å²) >= 11 is 0. The van der Waals surface area contributed by atoms with Gasteiger partial charge in [0.05, 0.1) is 6.42 Å². The lowest BCUT2D eigenvalue weighted by molar-refractivity contribution is -0.137. The highest BCUT2D eigenvalue weighted by atomic mass is 19.3. The maximum absolute atomic E-state index is 15.7. The third-order valence-electron chi connectivity index (χ3n) is 9.30. The van der Waals surface area contributed by atoms with Crippen molar-refractivity contribution in [2.75, 3.05) is 0 Å². The lowest BCUT2D eigenvalue weighted by atomic mass is 9.75. The summed E-state index contributed by atoms with van der Waals surface area (Å²) in [4.78, 5) is 11.5. The normalized spacial score (nSPS) is 19.8. The molecular weight excluding hydrogens is 532 g/mol. The number of hydrogen-bond acceptors (Lipinski definition) is 2. The highest BCUT2D eigenvalue weighted by molar-refractivity contribution is 5.70. The molecule has 3 aromatic rings. The molecule has 218 valence electrons. The Hall–Kier alpha value is -3.35. The molecule has 0 saturated heterocycles. The van der Waals surface area contributed by atoms with Gasteiger partial charge >= 0.3 is 5.97 Å². The summed E-state index contributed by atoms with van der Waals surface area (Å²) in [7, 11) is 0. The molecule has 5 rings (SSSR count). The van der Waals surface area contributed by atoms with E-state index in [0.29, 0.717) is 11.1 Å². The number of alkyl halides is 2. The number of carboxylic acid groups (broad SMARTS) is 1. The minimum absolute atomic E-state index is 0.0429. The Morgan fingerprint density at radius 1 is 1.00 bits per heavy atom. The van der Waals surface area contributed by atoms with Gasteiger partial charge in [0, 0.05) is 17.0 Å². The zero-order chi connectivity index (χ0) is 29.5. The second-order valence-corrected chi connectivity index (χ2v) is 12.6. The van der Waals surface area contributed by atoms with Gasteiger partial charge in [-0.1, -0.05) is 63.6 Å². The highest BCUT2D eigenvalue weighted by Crippen LogP contribution is 2.57. The number of halogens is 4. The van der Waals surface area contributed by atoms with Gasteiger partial charge in [-0.2, -0.15) is 0 Å². The Balaban J connectivity index is 1.47. The van der Waals surface area contributed by atoms with Crippen molar-refractivity contribution < 1.29 is 32.2 Å². The van der Waals surface area contributed by atoms with E-state index < -0.39 is 29.9 Å². The van der Waals surface area contributed by atoms with Crippen LogP contribution >= 0.6 is 0 Å². The molecular formula is C34H36F4O3. The standard InChI is InChI=1S/C34H36F4O3/c1-33(2)13-5-7-26(33)24-16-20(9-11-22(24)25-17-21(32(37)38)10-12-28(25)35)19-41-29-8-4-6-23(31(29)36)27(18-30(39)40)34(3)14-15-34/h4,6,8-12,16-17,26-27,32H,5,7,13-15,18-19H2,1-3H3,(H,39,40)/t26-,27+/m1/s1. The first-order chi connectivity index (χ1) is 19.4. The van der Waals surface area contributed by atoms with Crippen LogP contribution in [0.2, 0.25) is 0 Å². The van der Waals surface area contributed by atoms with Crippen molar-refractivity contribution in [3.63, 3.8) is 0 Å². The van der Waals surface area contributed by atoms with Crippen LogP contribution in [0.15, 0.2) is 54.6 Å². The van der Waals surface area contributed by atoms with Crippen molar-refractivity contribution in [1.82, 2.24) is 0 Å². The molecule has 0 bridgehead atoms. The molecule has 0 spiro atoms. The fraction of sp³-hybridized carbons (Fsp3) is 0.441. The summed E-state index contributed by atoms with van der Waals surface area (Å²) in [6.45, 7) is 6.36. The topological polar surface area (TPSA) is 46.5 Å². The number of hydrogen-bond donors (Lipinski definition) is 1. The van der Waals surface area contributed by atoms with Crippen molar-refractivity contribution >= 4 is 5.97 Å². The quantitative estimate of drug-likeness (QED) is 0.248. The van der Waals surface area contributed by atoms with E-state index in [1.165, 1.54) is 12.1 Å². The van der Waals surface area contributed by atoms with Crippen LogP contribution in [0.1, 0.15) is 99.8 Å². The molecule has 2 saturated carbocycles. The molecule has 2 fully saturated rings. The largest absolute Gasteiger partial charge is 0.486 e. The molecule has 0 heterocycles. The molecule has 0 aromatic heterocycles. The van der Waals surface area contributed by atoms with E-state index >= 15 is 8.78 Å². The average Bonchev–Trinajstić information content (AvgIpc) is 3.57. The van der Waals surface area contributed by atoms with Gasteiger partial charge < -0.3 is 9.84 Å². The Morgan fingerprint density at radius 2 is 1.76 bits per heavy atom. The van der Waals surface area contributed by atoms with Crippen molar-refractivity contribution in [3.05, 3.63) is 88.5 Å². The third-order valence-corrected chi connectivity index (χ3v) is 9.30. The van der Waals surface area contributed by atoms with Crippen LogP contribution in [0, 0.1) is 22.5 Å². The lowest BCUT2D eigenvalue weighted by Gasteiger charge is -2.30. The van der Waals surface area contributed by atoms with E-state index in [0.717, 1.165) is 55.4 Å². The molecule has 1 N–H and O–H groups in total. The zero-order valence-corrected chi connectivity index (χ0v) is 23.7. The highest BCUT2D eigenvalue weighted by Gasteiger charge is 2.47. The molecule has 2 aliphatic rings. The molecule has 3 nitrogen and oxygen atoms in total. The van der Waals surface area contributed by atoms with E-state index in [1.54, 1.807) is 24.3 Å². The molecule has 2 atom stereocenters. The first-order valence-corrected chi connectivity index (χ1v) is 14.2. The van der Waals surface area contributed by atoms with Gasteiger partial charge in [-0.25, -0.2) is 17.6 Å². The minimum atomic E-state index is -2.71. The van der Waals surface area contributed by atoms with Gasteiger partial charge in [0.2, 0.25) is 0 Å². The maximum atomic E-state index is 15.7. The molecule has 0 radical (unpaired) electrons. The predicted molar refractivity (Wildman–Crippen MR) is 150 cm³/mol. The van der Waals surface area contributed by atoms with Crippen molar-refractivity contribution in [2.24, 2.45) is 10.8 Å². The van der Waals surface area contributed by atoms with E-state index in [2.05, 4.69) is 13.8 Å². The smallest absolute Gasteiger partial charge is 0.303 e. The number of carboxylic acids is 1. The second-order valence-electron chi connectivity index (χ2n) is 12.6. The number of ether oxygens (including phenoxy) is 1. The van der Waals surface area contributed by atoms with E-state index in [9.17, 15) is 18.7 Å². The van der Waals surface area contributed by atoms with Gasteiger partial charge in [-0.3, -0.25) is 4.79 Å². The van der Waals surface area contributed by atoms with Crippen LogP contribution in [0.4, 0.5) is 17.6 Å². The van der Waals surface area contributed by atoms with Crippen LogP contribution in [-0.2, 0) is 11.4 Å². The number of rotatable bonds is 10. The molecule has 7 heteroatoms. The number of carbonyl (C=O) groups is 1. The molecule has 41 heavy (non-hydrogen) atoms. The average molecular weight is 569 g/mol. The monoisotopic (exact) mass is 568 g/mol. The summed E-state index contributed by atoms with van der Waals surface area (Å²) in [5.74, 6) is -2.39. The Bertz CT molecular complexity index is 1440. The second kappa shape index (κ2) is 11.1. The zero-order valence-electron chi connectivity index (χ0n) is 23.7. The van der Waals surface area contributed by atoms with Crippen LogP contribution < -0.4 is 4.74 Å². The van der Waals surface area contributed by atoms with Crippen molar-refractivity contribution in [2.45, 2.75) is 84.2 Å². The summed E-state index contributed by atoms with van der Waals surface area (Å²) in [5, 5.41) is 9.45. The van der Waals surface area contributed by atoms with E-state index in [4.69, 9.17) is 4.74 Å². The summed E-state index contributed by atoms with van der Waals surface area (Å²) in [6.07, 6.45) is 1.73. The van der Waals surface area contributed by atoms with Gasteiger partial charge in [0.1, 0.15) is 12.4 Å². The predicted octanol–water partition coefficient (Wildman–Crippen LogP) is 9.80. The summed E-state index contributed by atoms with van der Waals surface area (Å²) in [5.41, 5.74) is 2.15. The van der Waals surface area contributed by atoms with Gasteiger partial charge in [0.15, 0.2) is 11.6 Å². The van der Waals surface area contributed by atoms with E-state index in [1.807, 2.05) is 13.0 Å². The number of aliphatic carboxylic acids is 1. The fourth-order valence-corrected chi connectivity index (χ4v) is 6.55. The molecule has 3 aromatic carbocycles. The van der Waals surface area contributed by atoms with Crippen LogP contribution in [-0.4, -0.2) is 11.1 Å². The SMILES string of the molecule is CC1(C)CCC[C@@H]1c1cc(COc2cccc([C@H](CC(=O)O)C3(C)CC3)c2F)ccc1-c1cc(C(F)F)ccc1F. The Morgan fingerprint density at radius 3 is 2.39 bits per heavy atom. The minimum Gasteiger partial charge on any atom is -0.486 e. The lowest BCUT2D eigenvalue weighted by Crippen LogP contribution is -2.17. The summed E-state index contributed by atoms with van der Waals surface area (Å²) < 4.78 is 63.6. The summed E-state index contributed by atoms with van der Waals surface area (Å²) in [6, 6.07) is 13.7. The van der Waals surface area contributed by atoms with Crippen LogP contribution in [0.5, 0.6) is 5.75 Å². The van der Waals surface area contributed by atoms with E-state index in [-0.39, 0.29) is 46.7 Å². The van der Waals surface area contributed by atoms with Crippen molar-refractivity contribution in [3.8, 4) is 16.9 Å². The number of benzene rings is 3. The molecule has 2 aliphatic carbocycles. The van der Waals surface area contributed by atoms with Gasteiger partial charge in [0.25, 0.3) is 6.43 Å². The molecule has 0 unspecified atom stereocenters. The van der Waals surface area contributed by atoms with Crippen molar-refractivity contribution in [1.29, 1.82) is 0 Å². The molecule has 0 amide bonds. The Labute approximate surface area is 238 Å². The first-order valence-electron chi connectivity index (χ1n) is 14.2. The van der Waals surface area contributed by atoms with Crippen LogP contribution in [0.25, 0.3) is 11.1 Å². The first kappa shape index (κ1) is 29.2. The van der Waals surface area contributed by atoms with Crippen LogP contribution in [0.3, 0.4) is 0 Å². The van der Waals surface area contributed by atoms with Gasteiger partial charge in [-0.05, 0) is 82.9 Å². The fourth-order valence-electron chi connectivity index (χ4n) is 6.55. The Kier molecular flexibility index (Phi) is 7.92. The third kappa shape index (κ3) is 6.00. The van der Waals surface area contributed by atoms with Gasteiger partial charge in [-0.15, -0.1) is 0 Å².